The molecule has 88 valence electrons. The zero-order chi connectivity index (χ0) is 12.1. The van der Waals surface area contributed by atoms with Crippen LogP contribution in [0.2, 0.25) is 0 Å². The molecule has 0 aliphatic rings. The third-order valence-corrected chi connectivity index (χ3v) is 2.68. The maximum absolute atomic E-state index is 8.63. The van der Waals surface area contributed by atoms with Crippen LogP contribution in [0, 0.1) is 6.92 Å². The van der Waals surface area contributed by atoms with Gasteiger partial charge in [0.25, 0.3) is 0 Å². The Balaban J connectivity index is 2.05. The van der Waals surface area contributed by atoms with Gasteiger partial charge < -0.3 is 9.84 Å². The van der Waals surface area contributed by atoms with Crippen molar-refractivity contribution in [3.05, 3.63) is 65.2 Å². The van der Waals surface area contributed by atoms with Gasteiger partial charge in [-0.25, -0.2) is 0 Å². The van der Waals surface area contributed by atoms with Gasteiger partial charge in [-0.15, -0.1) is 0 Å². The molecule has 2 heteroatoms. The van der Waals surface area contributed by atoms with Crippen molar-refractivity contribution < 1.29 is 9.84 Å². The standard InChI is InChI=1S/C15H16O2/c1-12-2-4-13(5-3-12)10-14-6-8-15(9-7-14)17-11-16/h2-9,16H,10-11H2,1H3. The highest BCUT2D eigenvalue weighted by atomic mass is 16.6. The predicted octanol–water partition coefficient (Wildman–Crippen LogP) is 2.91. The smallest absolute Gasteiger partial charge is 0.186 e. The van der Waals surface area contributed by atoms with Crippen LogP contribution in [-0.4, -0.2) is 11.9 Å². The van der Waals surface area contributed by atoms with Gasteiger partial charge in [-0.05, 0) is 36.6 Å². The average molecular weight is 228 g/mol. The summed E-state index contributed by atoms with van der Waals surface area (Å²) in [6.07, 6.45) is 0.916. The van der Waals surface area contributed by atoms with Gasteiger partial charge in [0.1, 0.15) is 5.75 Å². The predicted molar refractivity (Wildman–Crippen MR) is 68.1 cm³/mol. The molecule has 0 saturated heterocycles. The molecule has 2 aromatic carbocycles. The summed E-state index contributed by atoms with van der Waals surface area (Å²) in [6, 6.07) is 16.3. The fourth-order valence-electron chi connectivity index (χ4n) is 1.72. The minimum absolute atomic E-state index is 0.280. The first kappa shape index (κ1) is 11.7. The Morgan fingerprint density at radius 2 is 1.41 bits per heavy atom. The molecule has 17 heavy (non-hydrogen) atoms. The third-order valence-electron chi connectivity index (χ3n) is 2.68. The summed E-state index contributed by atoms with van der Waals surface area (Å²) in [6.45, 7) is 1.81. The summed E-state index contributed by atoms with van der Waals surface area (Å²) < 4.78 is 4.98. The summed E-state index contributed by atoms with van der Waals surface area (Å²) in [4.78, 5) is 0. The van der Waals surface area contributed by atoms with Gasteiger partial charge in [0.15, 0.2) is 6.79 Å². The molecule has 0 saturated carbocycles. The second kappa shape index (κ2) is 5.51. The van der Waals surface area contributed by atoms with Crippen molar-refractivity contribution in [2.45, 2.75) is 13.3 Å². The van der Waals surface area contributed by atoms with Gasteiger partial charge in [-0.1, -0.05) is 42.0 Å². The molecule has 0 bridgehead atoms. The Labute approximate surface area is 101 Å². The first-order chi connectivity index (χ1) is 8.28. The van der Waals surface area contributed by atoms with Crippen LogP contribution in [0.3, 0.4) is 0 Å². The molecule has 0 atom stereocenters. The van der Waals surface area contributed by atoms with Crippen LogP contribution in [0.15, 0.2) is 48.5 Å². The van der Waals surface area contributed by atoms with Crippen LogP contribution in [0.25, 0.3) is 0 Å². The summed E-state index contributed by atoms with van der Waals surface area (Å²) in [5.74, 6) is 0.695. The van der Waals surface area contributed by atoms with E-state index in [1.165, 1.54) is 16.7 Å². The molecule has 0 spiro atoms. The molecule has 0 aliphatic carbocycles. The van der Waals surface area contributed by atoms with E-state index >= 15 is 0 Å². The number of hydrogen-bond donors (Lipinski definition) is 1. The van der Waals surface area contributed by atoms with E-state index in [0.29, 0.717) is 5.75 Å². The van der Waals surface area contributed by atoms with E-state index in [2.05, 4.69) is 31.2 Å². The molecule has 0 aromatic heterocycles. The van der Waals surface area contributed by atoms with Gasteiger partial charge in [-0.3, -0.25) is 0 Å². The molecule has 1 N–H and O–H groups in total. The van der Waals surface area contributed by atoms with Gasteiger partial charge in [-0.2, -0.15) is 0 Å². The van der Waals surface area contributed by atoms with Gasteiger partial charge in [0.05, 0.1) is 0 Å². The summed E-state index contributed by atoms with van der Waals surface area (Å²) >= 11 is 0. The van der Waals surface area contributed by atoms with E-state index < -0.39 is 0 Å². The van der Waals surface area contributed by atoms with Gasteiger partial charge in [0, 0.05) is 0 Å². The second-order valence-electron chi connectivity index (χ2n) is 4.08. The highest BCUT2D eigenvalue weighted by molar-refractivity contribution is 5.32. The molecule has 0 heterocycles. The molecular weight excluding hydrogens is 212 g/mol. The number of rotatable bonds is 4. The number of aliphatic hydroxyl groups excluding tert-OH is 1. The van der Waals surface area contributed by atoms with Crippen LogP contribution < -0.4 is 4.74 Å². The zero-order valence-corrected chi connectivity index (χ0v) is 9.89. The van der Waals surface area contributed by atoms with Crippen molar-refractivity contribution in [3.63, 3.8) is 0 Å². The van der Waals surface area contributed by atoms with Crippen LogP contribution in [0.4, 0.5) is 0 Å². The van der Waals surface area contributed by atoms with Crippen molar-refractivity contribution in [1.29, 1.82) is 0 Å². The van der Waals surface area contributed by atoms with E-state index in [-0.39, 0.29) is 6.79 Å². The van der Waals surface area contributed by atoms with Crippen LogP contribution in [-0.2, 0) is 6.42 Å². The third kappa shape index (κ3) is 3.33. The quantitative estimate of drug-likeness (QED) is 0.815. The van der Waals surface area contributed by atoms with E-state index in [9.17, 15) is 0 Å². The molecule has 2 nitrogen and oxygen atoms in total. The Morgan fingerprint density at radius 3 is 1.94 bits per heavy atom. The van der Waals surface area contributed by atoms with Crippen LogP contribution in [0.1, 0.15) is 16.7 Å². The summed E-state index contributed by atoms with van der Waals surface area (Å²) in [5, 5.41) is 8.63. The maximum atomic E-state index is 8.63. The highest BCUT2D eigenvalue weighted by Crippen LogP contribution is 2.15. The molecular formula is C15H16O2. The monoisotopic (exact) mass is 228 g/mol. The minimum atomic E-state index is -0.280. The molecule has 2 aromatic rings. The molecule has 0 unspecified atom stereocenters. The Kier molecular flexibility index (Phi) is 3.78. The van der Waals surface area contributed by atoms with E-state index in [1.54, 1.807) is 0 Å². The van der Waals surface area contributed by atoms with Crippen molar-refractivity contribution in [2.24, 2.45) is 0 Å². The summed E-state index contributed by atoms with van der Waals surface area (Å²) in [5.41, 5.74) is 3.81. The Hall–Kier alpha value is -1.80. The fourth-order valence-corrected chi connectivity index (χ4v) is 1.72. The van der Waals surface area contributed by atoms with E-state index in [0.717, 1.165) is 6.42 Å². The SMILES string of the molecule is Cc1ccc(Cc2ccc(OCO)cc2)cc1. The van der Waals surface area contributed by atoms with E-state index in [1.807, 2.05) is 24.3 Å². The van der Waals surface area contributed by atoms with Crippen molar-refractivity contribution >= 4 is 0 Å². The number of benzene rings is 2. The summed E-state index contributed by atoms with van der Waals surface area (Å²) in [7, 11) is 0. The molecule has 0 fully saturated rings. The lowest BCUT2D eigenvalue weighted by molar-refractivity contribution is 0.0985. The molecule has 0 aliphatic heterocycles. The molecule has 0 amide bonds. The van der Waals surface area contributed by atoms with Gasteiger partial charge in [0.2, 0.25) is 0 Å². The van der Waals surface area contributed by atoms with E-state index in [4.69, 9.17) is 9.84 Å². The largest absolute Gasteiger partial charge is 0.468 e. The first-order valence-corrected chi connectivity index (χ1v) is 5.66. The number of hydrogen-bond acceptors (Lipinski definition) is 2. The lowest BCUT2D eigenvalue weighted by Crippen LogP contribution is -1.95. The molecule has 2 rings (SSSR count). The number of ether oxygens (including phenoxy) is 1. The van der Waals surface area contributed by atoms with Crippen molar-refractivity contribution in [3.8, 4) is 5.75 Å². The first-order valence-electron chi connectivity index (χ1n) is 5.66. The average Bonchev–Trinajstić information content (AvgIpc) is 2.35. The van der Waals surface area contributed by atoms with Gasteiger partial charge >= 0.3 is 0 Å². The second-order valence-corrected chi connectivity index (χ2v) is 4.08. The minimum Gasteiger partial charge on any atom is -0.468 e. The topological polar surface area (TPSA) is 29.5 Å². The molecule has 0 radical (unpaired) electrons. The van der Waals surface area contributed by atoms with Crippen molar-refractivity contribution in [1.82, 2.24) is 0 Å². The Bertz CT molecular complexity index is 457. The Morgan fingerprint density at radius 1 is 0.882 bits per heavy atom. The zero-order valence-electron chi connectivity index (χ0n) is 9.89. The van der Waals surface area contributed by atoms with Crippen LogP contribution in [0.5, 0.6) is 5.75 Å². The highest BCUT2D eigenvalue weighted by Gasteiger charge is 1.97. The lowest BCUT2D eigenvalue weighted by atomic mass is 10.0. The maximum Gasteiger partial charge on any atom is 0.186 e. The van der Waals surface area contributed by atoms with Crippen LogP contribution >= 0.6 is 0 Å². The lowest BCUT2D eigenvalue weighted by Gasteiger charge is -2.05. The normalized spacial score (nSPS) is 10.2. The number of aliphatic hydroxyl groups is 1. The van der Waals surface area contributed by atoms with Crippen molar-refractivity contribution in [2.75, 3.05) is 6.79 Å². The fraction of sp³-hybridized carbons (Fsp3) is 0.200. The number of aryl methyl sites for hydroxylation is 1.